The van der Waals surface area contributed by atoms with Crippen LogP contribution in [0, 0.1) is 5.92 Å². The number of hydrogen-bond donors (Lipinski definition) is 0. The second-order valence-corrected chi connectivity index (χ2v) is 5.53. The molecular formula is C14H18ClNO2. The molecule has 1 fully saturated rings. The van der Waals surface area contributed by atoms with Crippen molar-refractivity contribution in [1.29, 1.82) is 0 Å². The Labute approximate surface area is 113 Å². The third-order valence-corrected chi connectivity index (χ3v) is 4.14. The molecule has 1 aromatic rings. The van der Waals surface area contributed by atoms with Gasteiger partial charge >= 0.3 is 5.97 Å². The highest BCUT2D eigenvalue weighted by Gasteiger charge is 2.46. The summed E-state index contributed by atoms with van der Waals surface area (Å²) in [5.74, 6) is -0.256. The first kappa shape index (κ1) is 13.2. The minimum atomic E-state index is -0.280. The molecule has 1 aliphatic rings. The first-order chi connectivity index (χ1) is 8.48. The first-order valence-electron chi connectivity index (χ1n) is 6.08. The van der Waals surface area contributed by atoms with E-state index in [-0.39, 0.29) is 17.4 Å². The van der Waals surface area contributed by atoms with Gasteiger partial charge in [0.1, 0.15) is 0 Å². The van der Waals surface area contributed by atoms with E-state index in [0.717, 1.165) is 23.7 Å². The van der Waals surface area contributed by atoms with Crippen molar-refractivity contribution in [1.82, 2.24) is 0 Å². The van der Waals surface area contributed by atoms with Crippen molar-refractivity contribution >= 4 is 23.3 Å². The van der Waals surface area contributed by atoms with Crippen LogP contribution < -0.4 is 4.90 Å². The van der Waals surface area contributed by atoms with E-state index in [1.54, 1.807) is 0 Å². The number of methoxy groups -OCH3 is 1. The van der Waals surface area contributed by atoms with Crippen LogP contribution in [0.25, 0.3) is 0 Å². The van der Waals surface area contributed by atoms with Crippen molar-refractivity contribution in [3.63, 3.8) is 0 Å². The molecule has 0 saturated carbocycles. The van der Waals surface area contributed by atoms with Crippen molar-refractivity contribution in [3.8, 4) is 0 Å². The molecule has 1 saturated heterocycles. The molecule has 0 spiro atoms. The summed E-state index contributed by atoms with van der Waals surface area (Å²) in [4.78, 5) is 14.0. The number of rotatable bonds is 2. The highest BCUT2D eigenvalue weighted by atomic mass is 35.5. The monoisotopic (exact) mass is 267 g/mol. The van der Waals surface area contributed by atoms with Crippen LogP contribution in [0.15, 0.2) is 24.3 Å². The minimum absolute atomic E-state index is 0.112. The van der Waals surface area contributed by atoms with Gasteiger partial charge in [0.15, 0.2) is 0 Å². The summed E-state index contributed by atoms with van der Waals surface area (Å²) in [5, 5.41) is 0.719. The Morgan fingerprint density at radius 2 is 2.11 bits per heavy atom. The van der Waals surface area contributed by atoms with E-state index in [2.05, 4.69) is 18.7 Å². The lowest BCUT2D eigenvalue weighted by molar-refractivity contribution is -0.146. The highest BCUT2D eigenvalue weighted by molar-refractivity contribution is 6.33. The predicted octanol–water partition coefficient (Wildman–Crippen LogP) is 3.12. The number of carbonyl (C=O) groups is 1. The molecule has 1 heterocycles. The average molecular weight is 268 g/mol. The van der Waals surface area contributed by atoms with Crippen LogP contribution in [0.5, 0.6) is 0 Å². The molecular weight excluding hydrogens is 250 g/mol. The van der Waals surface area contributed by atoms with Crippen molar-refractivity contribution in [3.05, 3.63) is 29.3 Å². The third-order valence-electron chi connectivity index (χ3n) is 3.82. The fourth-order valence-electron chi connectivity index (χ4n) is 2.74. The van der Waals surface area contributed by atoms with Gasteiger partial charge in [-0.15, -0.1) is 0 Å². The molecule has 0 radical (unpaired) electrons. The van der Waals surface area contributed by atoms with Gasteiger partial charge in [-0.2, -0.15) is 0 Å². The van der Waals surface area contributed by atoms with Gasteiger partial charge in [0.2, 0.25) is 0 Å². The van der Waals surface area contributed by atoms with Crippen molar-refractivity contribution in [2.75, 3.05) is 18.6 Å². The standard InChI is InChI=1S/C14H18ClNO2/c1-14(2)10(13(17)18-3)8-9-16(14)12-7-5-4-6-11(12)15/h4-7,10H,8-9H2,1-3H3. The van der Waals surface area contributed by atoms with Crippen LogP contribution in [-0.2, 0) is 9.53 Å². The second-order valence-electron chi connectivity index (χ2n) is 5.12. The Kier molecular flexibility index (Phi) is 3.53. The lowest BCUT2D eigenvalue weighted by Gasteiger charge is -2.37. The normalized spacial score (nSPS) is 22.0. The van der Waals surface area contributed by atoms with Gasteiger partial charge in [0, 0.05) is 12.1 Å². The molecule has 3 nitrogen and oxygen atoms in total. The molecule has 4 heteroatoms. The Balaban J connectivity index is 2.33. The first-order valence-corrected chi connectivity index (χ1v) is 6.46. The van der Waals surface area contributed by atoms with E-state index in [4.69, 9.17) is 16.3 Å². The van der Waals surface area contributed by atoms with Gasteiger partial charge in [0.05, 0.1) is 23.7 Å². The largest absolute Gasteiger partial charge is 0.469 e. The number of para-hydroxylation sites is 1. The minimum Gasteiger partial charge on any atom is -0.469 e. The zero-order chi connectivity index (χ0) is 13.3. The molecule has 0 N–H and O–H groups in total. The van der Waals surface area contributed by atoms with Crippen molar-refractivity contribution in [2.45, 2.75) is 25.8 Å². The van der Waals surface area contributed by atoms with Gasteiger partial charge in [0.25, 0.3) is 0 Å². The SMILES string of the molecule is COC(=O)C1CCN(c2ccccc2Cl)C1(C)C. The Bertz CT molecular complexity index is 459. The number of esters is 1. The zero-order valence-electron chi connectivity index (χ0n) is 10.9. The van der Waals surface area contributed by atoms with Gasteiger partial charge in [-0.05, 0) is 32.4 Å². The lowest BCUT2D eigenvalue weighted by Crippen LogP contribution is -2.45. The van der Waals surface area contributed by atoms with Crippen LogP contribution in [0.4, 0.5) is 5.69 Å². The maximum atomic E-state index is 11.8. The molecule has 0 bridgehead atoms. The van der Waals surface area contributed by atoms with Crippen molar-refractivity contribution in [2.24, 2.45) is 5.92 Å². The summed E-state index contributed by atoms with van der Waals surface area (Å²) in [7, 11) is 1.44. The zero-order valence-corrected chi connectivity index (χ0v) is 11.7. The maximum Gasteiger partial charge on any atom is 0.311 e. The molecule has 1 unspecified atom stereocenters. The molecule has 0 aliphatic carbocycles. The van der Waals surface area contributed by atoms with E-state index in [0.29, 0.717) is 0 Å². The third kappa shape index (κ3) is 2.07. The average Bonchev–Trinajstić information content (AvgIpc) is 2.64. The summed E-state index contributed by atoms with van der Waals surface area (Å²) < 4.78 is 4.89. The summed E-state index contributed by atoms with van der Waals surface area (Å²) in [5.41, 5.74) is 0.702. The van der Waals surface area contributed by atoms with E-state index in [9.17, 15) is 4.79 Å². The summed E-state index contributed by atoms with van der Waals surface area (Å²) in [6, 6.07) is 7.73. The Morgan fingerprint density at radius 3 is 2.72 bits per heavy atom. The fourth-order valence-corrected chi connectivity index (χ4v) is 2.98. The number of carbonyl (C=O) groups excluding carboxylic acids is 1. The number of ether oxygens (including phenoxy) is 1. The summed E-state index contributed by atoms with van der Waals surface area (Å²) in [6.45, 7) is 4.94. The van der Waals surface area contributed by atoms with Crippen molar-refractivity contribution < 1.29 is 9.53 Å². The van der Waals surface area contributed by atoms with Gasteiger partial charge in [-0.1, -0.05) is 23.7 Å². The van der Waals surface area contributed by atoms with Crippen LogP contribution in [-0.4, -0.2) is 25.2 Å². The second kappa shape index (κ2) is 4.81. The van der Waals surface area contributed by atoms with Crippen LogP contribution in [0.1, 0.15) is 20.3 Å². The smallest absolute Gasteiger partial charge is 0.311 e. The van der Waals surface area contributed by atoms with Crippen LogP contribution in [0.3, 0.4) is 0 Å². The van der Waals surface area contributed by atoms with Crippen LogP contribution >= 0.6 is 11.6 Å². The van der Waals surface area contributed by atoms with E-state index in [1.165, 1.54) is 7.11 Å². The van der Waals surface area contributed by atoms with Gasteiger partial charge < -0.3 is 9.64 Å². The number of anilines is 1. The van der Waals surface area contributed by atoms with Gasteiger partial charge in [-0.3, -0.25) is 4.79 Å². The predicted molar refractivity (Wildman–Crippen MR) is 73.0 cm³/mol. The summed E-state index contributed by atoms with van der Waals surface area (Å²) >= 11 is 6.23. The van der Waals surface area contributed by atoms with E-state index in [1.807, 2.05) is 24.3 Å². The molecule has 98 valence electrons. The number of halogens is 1. The summed E-state index contributed by atoms with van der Waals surface area (Å²) in [6.07, 6.45) is 0.797. The lowest BCUT2D eigenvalue weighted by atomic mass is 9.88. The quantitative estimate of drug-likeness (QED) is 0.771. The molecule has 0 amide bonds. The number of nitrogens with zero attached hydrogens (tertiary/aromatic N) is 1. The number of benzene rings is 1. The highest BCUT2D eigenvalue weighted by Crippen LogP contribution is 2.41. The molecule has 18 heavy (non-hydrogen) atoms. The topological polar surface area (TPSA) is 29.5 Å². The van der Waals surface area contributed by atoms with Crippen LogP contribution in [0.2, 0.25) is 5.02 Å². The van der Waals surface area contributed by atoms with Gasteiger partial charge in [-0.25, -0.2) is 0 Å². The Hall–Kier alpha value is -1.22. The van der Waals surface area contributed by atoms with E-state index >= 15 is 0 Å². The fraction of sp³-hybridized carbons (Fsp3) is 0.500. The molecule has 1 aromatic carbocycles. The molecule has 2 rings (SSSR count). The number of hydrogen-bond acceptors (Lipinski definition) is 3. The van der Waals surface area contributed by atoms with E-state index < -0.39 is 0 Å². The maximum absolute atomic E-state index is 11.8. The molecule has 1 aliphatic heterocycles. The molecule has 0 aromatic heterocycles. The molecule has 1 atom stereocenters. The Morgan fingerprint density at radius 1 is 1.44 bits per heavy atom.